The third-order valence-corrected chi connectivity index (χ3v) is 0. The van der Waals surface area contributed by atoms with E-state index >= 15 is 0 Å². The molecule has 0 unspecified atom stereocenters. The Balaban J connectivity index is -0.0000000800. The van der Waals surface area contributed by atoms with Crippen LogP contribution in [-0.2, 0) is 44.3 Å². The molecule has 0 bridgehead atoms. The second-order valence-corrected chi connectivity index (χ2v) is 1.75. The van der Waals surface area contributed by atoms with Crippen molar-refractivity contribution in [1.29, 1.82) is 0 Å². The minimum atomic E-state index is -3.92. The molecule has 0 aliphatic carbocycles. The van der Waals surface area contributed by atoms with E-state index in [4.69, 9.17) is 13.0 Å². The molecule has 0 atom stereocenters. The molecule has 7 heavy (non-hydrogen) atoms. The number of hydrogen-bond donors (Lipinski definition) is 1. The van der Waals surface area contributed by atoms with E-state index in [0.29, 0.717) is 0 Å². The average Bonchev–Trinajstić information content (AvgIpc) is 0.722. The van der Waals surface area contributed by atoms with Crippen LogP contribution in [0.15, 0.2) is 0 Å². The van der Waals surface area contributed by atoms with Gasteiger partial charge in [-0.05, 0) is 0 Å². The standard InChI is InChI=1S/CH3O3S.2Cu/c1-5(2,3)4;;/h1H2,(H,2,3,4);;/q-1;;+1. The molecule has 0 aromatic carbocycles. The fourth-order valence-corrected chi connectivity index (χ4v) is 0. The molecule has 0 aromatic heterocycles. The van der Waals surface area contributed by atoms with Crippen LogP contribution in [0, 0.1) is 6.26 Å². The van der Waals surface area contributed by atoms with E-state index in [0.717, 1.165) is 0 Å². The summed E-state index contributed by atoms with van der Waals surface area (Å²) in [6.45, 7) is 0. The first-order valence-electron chi connectivity index (χ1n) is 0.805. The molecule has 1 radical (unpaired) electrons. The van der Waals surface area contributed by atoms with Gasteiger partial charge in [0, 0.05) is 17.1 Å². The van der Waals surface area contributed by atoms with Gasteiger partial charge in [0.2, 0.25) is 0 Å². The van der Waals surface area contributed by atoms with Gasteiger partial charge in [0.25, 0.3) is 0 Å². The molecule has 0 heterocycles. The summed E-state index contributed by atoms with van der Waals surface area (Å²) in [5, 5.41) is 0. The Labute approximate surface area is 63.6 Å². The van der Waals surface area contributed by atoms with Crippen LogP contribution in [0.4, 0.5) is 0 Å². The minimum absolute atomic E-state index is 0. The van der Waals surface area contributed by atoms with Gasteiger partial charge in [-0.2, -0.15) is 6.26 Å². The molecule has 0 aromatic rings. The number of hydrogen-bond acceptors (Lipinski definition) is 2. The topological polar surface area (TPSA) is 54.4 Å². The zero-order chi connectivity index (χ0) is 4.50. The van der Waals surface area contributed by atoms with Crippen LogP contribution in [0.25, 0.3) is 0 Å². The molecule has 0 rings (SSSR count). The van der Waals surface area contributed by atoms with Crippen molar-refractivity contribution in [2.75, 3.05) is 0 Å². The predicted molar refractivity (Wildman–Crippen MR) is 16.9 cm³/mol. The smallest absolute Gasteiger partial charge is 0.310 e. The third-order valence-electron chi connectivity index (χ3n) is 0. The van der Waals surface area contributed by atoms with Crippen molar-refractivity contribution in [3.05, 3.63) is 6.26 Å². The summed E-state index contributed by atoms with van der Waals surface area (Å²) in [6, 6.07) is 0. The molecule has 0 aliphatic heterocycles. The van der Waals surface area contributed by atoms with Crippen LogP contribution < -0.4 is 0 Å². The Morgan fingerprint density at radius 1 is 1.43 bits per heavy atom. The van der Waals surface area contributed by atoms with E-state index in [-0.39, 0.29) is 34.1 Å². The van der Waals surface area contributed by atoms with Crippen LogP contribution >= 0.6 is 0 Å². The summed E-state index contributed by atoms with van der Waals surface area (Å²) in [5.74, 6) is 0. The Hall–Kier alpha value is 0.949. The van der Waals surface area contributed by atoms with Gasteiger partial charge in [0.05, 0.1) is 0 Å². The molecule has 3 nitrogen and oxygen atoms in total. The fourth-order valence-electron chi connectivity index (χ4n) is 0. The maximum absolute atomic E-state index is 9.08. The van der Waals surface area contributed by atoms with Crippen LogP contribution in [0.1, 0.15) is 0 Å². The van der Waals surface area contributed by atoms with Crippen molar-refractivity contribution in [3.63, 3.8) is 0 Å². The van der Waals surface area contributed by atoms with Crippen molar-refractivity contribution >= 4 is 10.1 Å². The zero-order valence-corrected chi connectivity index (χ0v) is 5.68. The van der Waals surface area contributed by atoms with Crippen molar-refractivity contribution in [1.82, 2.24) is 0 Å². The third kappa shape index (κ3) is 189. The molecule has 0 saturated heterocycles. The summed E-state index contributed by atoms with van der Waals surface area (Å²) in [6.07, 6.45) is 2.30. The SMILES string of the molecule is [CH2-]S(=O)(=O)O.[Cu+].[Cu]. The maximum Gasteiger partial charge on any atom is 1.00 e. The van der Waals surface area contributed by atoms with Crippen molar-refractivity contribution in [2.45, 2.75) is 0 Å². The zero-order valence-electron chi connectivity index (χ0n) is 2.98. The second-order valence-electron chi connectivity index (χ2n) is 0.582. The Morgan fingerprint density at radius 3 is 1.43 bits per heavy atom. The largest absolute Gasteiger partial charge is 1.00 e. The predicted octanol–water partition coefficient (Wildman–Crippen LogP) is -0.339. The quantitative estimate of drug-likeness (QED) is 0.346. The van der Waals surface area contributed by atoms with E-state index in [9.17, 15) is 0 Å². The average molecular weight is 222 g/mol. The van der Waals surface area contributed by atoms with Gasteiger partial charge >= 0.3 is 17.1 Å². The summed E-state index contributed by atoms with van der Waals surface area (Å²) in [7, 11) is -3.92. The Kier molecular flexibility index (Phi) is 11.4. The van der Waals surface area contributed by atoms with Crippen LogP contribution in [0.3, 0.4) is 0 Å². The normalized spacial score (nSPS) is 8.29. The van der Waals surface area contributed by atoms with E-state index in [1.54, 1.807) is 0 Å². The number of rotatable bonds is 0. The molecule has 0 amide bonds. The van der Waals surface area contributed by atoms with Gasteiger partial charge in [-0.15, -0.1) is 0 Å². The molecular formula is CH3Cu2O3S. The molecular weight excluding hydrogens is 219 g/mol. The van der Waals surface area contributed by atoms with E-state index < -0.39 is 10.1 Å². The molecule has 0 saturated carbocycles. The first kappa shape index (κ1) is 15.7. The summed E-state index contributed by atoms with van der Waals surface area (Å²) in [5.41, 5.74) is 0. The van der Waals surface area contributed by atoms with Crippen LogP contribution in [0.5, 0.6) is 0 Å². The fraction of sp³-hybridized carbons (Fsp3) is 0. The monoisotopic (exact) mass is 221 g/mol. The van der Waals surface area contributed by atoms with Crippen molar-refractivity contribution in [3.8, 4) is 0 Å². The Morgan fingerprint density at radius 2 is 1.43 bits per heavy atom. The van der Waals surface area contributed by atoms with Gasteiger partial charge in [0.15, 0.2) is 0 Å². The van der Waals surface area contributed by atoms with Gasteiger partial charge in [-0.25, -0.2) is 8.42 Å². The van der Waals surface area contributed by atoms with E-state index in [2.05, 4.69) is 6.26 Å². The van der Waals surface area contributed by atoms with Crippen molar-refractivity contribution in [2.24, 2.45) is 0 Å². The van der Waals surface area contributed by atoms with Crippen molar-refractivity contribution < 1.29 is 47.1 Å². The van der Waals surface area contributed by atoms with E-state index in [1.165, 1.54) is 0 Å². The van der Waals surface area contributed by atoms with Crippen LogP contribution in [-0.4, -0.2) is 13.0 Å². The second kappa shape index (κ2) is 5.09. The summed E-state index contributed by atoms with van der Waals surface area (Å²) >= 11 is 0. The van der Waals surface area contributed by atoms with E-state index in [1.807, 2.05) is 0 Å². The van der Waals surface area contributed by atoms with Gasteiger partial charge < -0.3 is 4.55 Å². The molecule has 0 fully saturated rings. The summed E-state index contributed by atoms with van der Waals surface area (Å²) < 4.78 is 25.5. The van der Waals surface area contributed by atoms with Gasteiger partial charge in [0.1, 0.15) is 10.1 Å². The summed E-state index contributed by atoms with van der Waals surface area (Å²) in [4.78, 5) is 0. The first-order chi connectivity index (χ1) is 2.00. The maximum atomic E-state index is 9.08. The minimum Gasteiger partial charge on any atom is -0.310 e. The van der Waals surface area contributed by atoms with Crippen LogP contribution in [0.2, 0.25) is 0 Å². The molecule has 0 aliphatic rings. The van der Waals surface area contributed by atoms with Gasteiger partial charge in [-0.1, -0.05) is 0 Å². The molecule has 1 N–H and O–H groups in total. The molecule has 53 valence electrons. The molecule has 0 spiro atoms. The molecule has 6 heteroatoms. The van der Waals surface area contributed by atoms with Gasteiger partial charge in [-0.3, -0.25) is 0 Å². The Bertz CT molecular complexity index is 96.1. The first-order valence-corrected chi connectivity index (χ1v) is 2.41.